The van der Waals surface area contributed by atoms with Crippen LogP contribution >= 0.6 is 15.9 Å². The molecule has 0 radical (unpaired) electrons. The van der Waals surface area contributed by atoms with Crippen LogP contribution < -0.4 is 5.32 Å². The number of furan rings is 1. The highest BCUT2D eigenvalue weighted by Gasteiger charge is 2.16. The Bertz CT molecular complexity index is 925. The van der Waals surface area contributed by atoms with Gasteiger partial charge >= 0.3 is 0 Å². The fraction of sp³-hybridized carbons (Fsp3) is 0.300. The van der Waals surface area contributed by atoms with Crippen molar-refractivity contribution in [3.05, 3.63) is 74.9 Å². The van der Waals surface area contributed by atoms with E-state index < -0.39 is 0 Å². The summed E-state index contributed by atoms with van der Waals surface area (Å²) in [7, 11) is 0. The molecule has 0 spiro atoms. The third kappa shape index (κ3) is 3.90. The van der Waals surface area contributed by atoms with Crippen molar-refractivity contribution in [1.82, 2.24) is 15.1 Å². The molecule has 136 valence electrons. The van der Waals surface area contributed by atoms with Crippen molar-refractivity contribution in [2.45, 2.75) is 40.3 Å². The Labute approximate surface area is 161 Å². The van der Waals surface area contributed by atoms with E-state index in [0.717, 1.165) is 21.4 Å². The lowest BCUT2D eigenvalue weighted by molar-refractivity contribution is 0.0909. The molecule has 2 aromatic heterocycles. The molecule has 2 heterocycles. The van der Waals surface area contributed by atoms with E-state index in [-0.39, 0.29) is 11.9 Å². The van der Waals surface area contributed by atoms with Crippen molar-refractivity contribution in [3.63, 3.8) is 0 Å². The standard InChI is InChI=1S/C20H22BrN3O2/c1-12-5-7-16(8-6-12)13(2)22-20(25)18-10-9-17(26-18)11-24-15(4)19(21)14(3)23-24/h5-10,13H,11H2,1-4H3,(H,22,25). The Balaban J connectivity index is 1.67. The fourth-order valence-electron chi connectivity index (χ4n) is 2.77. The number of carbonyl (C=O) groups excluding carboxylic acids is 1. The van der Waals surface area contributed by atoms with Gasteiger partial charge in [-0.05, 0) is 61.3 Å². The van der Waals surface area contributed by atoms with Crippen LogP contribution in [0.4, 0.5) is 0 Å². The van der Waals surface area contributed by atoms with Gasteiger partial charge in [-0.1, -0.05) is 29.8 Å². The first-order valence-electron chi connectivity index (χ1n) is 8.51. The van der Waals surface area contributed by atoms with Crippen LogP contribution in [0.15, 0.2) is 45.3 Å². The number of aryl methyl sites for hydroxylation is 2. The quantitative estimate of drug-likeness (QED) is 0.656. The van der Waals surface area contributed by atoms with Gasteiger partial charge in [0.1, 0.15) is 5.76 Å². The van der Waals surface area contributed by atoms with Crippen LogP contribution in [0.25, 0.3) is 0 Å². The first-order valence-corrected chi connectivity index (χ1v) is 9.30. The molecule has 0 aliphatic carbocycles. The van der Waals surface area contributed by atoms with Gasteiger partial charge in [-0.2, -0.15) is 5.10 Å². The second-order valence-corrected chi connectivity index (χ2v) is 7.31. The summed E-state index contributed by atoms with van der Waals surface area (Å²) >= 11 is 3.52. The van der Waals surface area contributed by atoms with E-state index in [1.165, 1.54) is 5.56 Å². The van der Waals surface area contributed by atoms with Crippen molar-refractivity contribution in [2.75, 3.05) is 0 Å². The van der Waals surface area contributed by atoms with Crippen molar-refractivity contribution < 1.29 is 9.21 Å². The van der Waals surface area contributed by atoms with E-state index in [1.807, 2.05) is 62.7 Å². The minimum absolute atomic E-state index is 0.0939. The molecular weight excluding hydrogens is 394 g/mol. The third-order valence-corrected chi connectivity index (χ3v) is 5.56. The zero-order chi connectivity index (χ0) is 18.8. The summed E-state index contributed by atoms with van der Waals surface area (Å²) in [5.74, 6) is 0.773. The minimum Gasteiger partial charge on any atom is -0.454 e. The van der Waals surface area contributed by atoms with Gasteiger partial charge in [-0.25, -0.2) is 0 Å². The van der Waals surface area contributed by atoms with E-state index in [4.69, 9.17) is 4.42 Å². The molecule has 1 aromatic carbocycles. The van der Waals surface area contributed by atoms with Gasteiger partial charge in [0.05, 0.1) is 28.4 Å². The highest BCUT2D eigenvalue weighted by molar-refractivity contribution is 9.10. The molecule has 3 aromatic rings. The summed E-state index contributed by atoms with van der Waals surface area (Å²) < 4.78 is 8.57. The van der Waals surface area contributed by atoms with Crippen molar-refractivity contribution in [1.29, 1.82) is 0 Å². The summed E-state index contributed by atoms with van der Waals surface area (Å²) in [5.41, 5.74) is 4.21. The summed E-state index contributed by atoms with van der Waals surface area (Å²) in [6.07, 6.45) is 0. The second-order valence-electron chi connectivity index (χ2n) is 6.51. The monoisotopic (exact) mass is 415 g/mol. The molecule has 1 unspecified atom stereocenters. The number of nitrogens with one attached hydrogen (secondary N) is 1. The molecule has 6 heteroatoms. The zero-order valence-corrected chi connectivity index (χ0v) is 16.9. The maximum atomic E-state index is 12.5. The number of nitrogens with zero attached hydrogens (tertiary/aromatic N) is 2. The minimum atomic E-state index is -0.223. The molecule has 5 nitrogen and oxygen atoms in total. The summed E-state index contributed by atoms with van der Waals surface area (Å²) in [5, 5.41) is 7.43. The molecule has 0 fully saturated rings. The normalized spacial score (nSPS) is 12.2. The van der Waals surface area contributed by atoms with E-state index >= 15 is 0 Å². The van der Waals surface area contributed by atoms with Gasteiger partial charge in [0, 0.05) is 0 Å². The molecule has 0 saturated carbocycles. The number of halogens is 1. The number of carbonyl (C=O) groups is 1. The van der Waals surface area contributed by atoms with Gasteiger partial charge in [-0.15, -0.1) is 0 Å². The molecule has 3 rings (SSSR count). The van der Waals surface area contributed by atoms with Crippen LogP contribution in [0.2, 0.25) is 0 Å². The average Bonchev–Trinajstić information content (AvgIpc) is 3.17. The Kier molecular flexibility index (Phi) is 5.32. The molecule has 0 aliphatic heterocycles. The molecule has 0 bridgehead atoms. The molecule has 26 heavy (non-hydrogen) atoms. The number of amides is 1. The van der Waals surface area contributed by atoms with Crippen LogP contribution in [0, 0.1) is 20.8 Å². The van der Waals surface area contributed by atoms with Crippen LogP contribution in [0.5, 0.6) is 0 Å². The van der Waals surface area contributed by atoms with Crippen molar-refractivity contribution in [3.8, 4) is 0 Å². The highest BCUT2D eigenvalue weighted by Crippen LogP contribution is 2.21. The van der Waals surface area contributed by atoms with E-state index in [2.05, 4.69) is 26.3 Å². The fourth-order valence-corrected chi connectivity index (χ4v) is 3.05. The molecule has 1 atom stereocenters. The zero-order valence-electron chi connectivity index (χ0n) is 15.3. The Morgan fingerprint density at radius 1 is 1.19 bits per heavy atom. The third-order valence-electron chi connectivity index (χ3n) is 4.41. The van der Waals surface area contributed by atoms with E-state index in [9.17, 15) is 4.79 Å². The number of aromatic nitrogens is 2. The molecule has 0 saturated heterocycles. The van der Waals surface area contributed by atoms with Gasteiger partial charge in [0.2, 0.25) is 0 Å². The summed E-state index contributed by atoms with van der Waals surface area (Å²) in [4.78, 5) is 12.5. The van der Waals surface area contributed by atoms with Crippen LogP contribution in [0.3, 0.4) is 0 Å². The number of hydrogen-bond donors (Lipinski definition) is 1. The predicted octanol–water partition coefficient (Wildman–Crippen LogP) is 4.70. The smallest absolute Gasteiger partial charge is 0.287 e. The first-order chi connectivity index (χ1) is 12.3. The van der Waals surface area contributed by atoms with Crippen LogP contribution in [-0.4, -0.2) is 15.7 Å². The highest BCUT2D eigenvalue weighted by atomic mass is 79.9. The van der Waals surface area contributed by atoms with Crippen molar-refractivity contribution >= 4 is 21.8 Å². The Morgan fingerprint density at radius 3 is 2.50 bits per heavy atom. The molecular formula is C20H22BrN3O2. The second kappa shape index (κ2) is 7.50. The van der Waals surface area contributed by atoms with Gasteiger partial charge < -0.3 is 9.73 Å². The lowest BCUT2D eigenvalue weighted by Crippen LogP contribution is -2.26. The maximum absolute atomic E-state index is 12.5. The maximum Gasteiger partial charge on any atom is 0.287 e. The SMILES string of the molecule is Cc1ccc(C(C)NC(=O)c2ccc(Cn3nc(C)c(Br)c3C)o2)cc1. The Hall–Kier alpha value is -2.34. The van der Waals surface area contributed by atoms with Gasteiger partial charge in [0.25, 0.3) is 5.91 Å². The largest absolute Gasteiger partial charge is 0.454 e. The number of hydrogen-bond acceptors (Lipinski definition) is 3. The summed E-state index contributed by atoms with van der Waals surface area (Å²) in [6.45, 7) is 8.42. The molecule has 1 N–H and O–H groups in total. The summed E-state index contributed by atoms with van der Waals surface area (Å²) in [6, 6.07) is 11.5. The first kappa shape index (κ1) is 18.5. The topological polar surface area (TPSA) is 60.1 Å². The number of rotatable bonds is 5. The molecule has 0 aliphatic rings. The van der Waals surface area contributed by atoms with Crippen molar-refractivity contribution in [2.24, 2.45) is 0 Å². The number of benzene rings is 1. The van der Waals surface area contributed by atoms with E-state index in [0.29, 0.717) is 18.1 Å². The average molecular weight is 416 g/mol. The predicted molar refractivity (Wildman–Crippen MR) is 104 cm³/mol. The van der Waals surface area contributed by atoms with Gasteiger partial charge in [-0.3, -0.25) is 9.48 Å². The van der Waals surface area contributed by atoms with E-state index in [1.54, 1.807) is 6.07 Å². The van der Waals surface area contributed by atoms with Gasteiger partial charge in [0.15, 0.2) is 5.76 Å². The molecule has 1 amide bonds. The Morgan fingerprint density at radius 2 is 1.88 bits per heavy atom. The van der Waals surface area contributed by atoms with Crippen LogP contribution in [0.1, 0.15) is 51.8 Å². The lowest BCUT2D eigenvalue weighted by Gasteiger charge is -2.13. The lowest BCUT2D eigenvalue weighted by atomic mass is 10.1. The van der Waals surface area contributed by atoms with Crippen LogP contribution in [-0.2, 0) is 6.54 Å².